The van der Waals surface area contributed by atoms with E-state index < -0.39 is 5.60 Å². The zero-order valence-electron chi connectivity index (χ0n) is 15.3. The third kappa shape index (κ3) is 6.54. The molecule has 2 saturated heterocycles. The van der Waals surface area contributed by atoms with Gasteiger partial charge in [-0.1, -0.05) is 0 Å². The normalized spacial score (nSPS) is 27.0. The summed E-state index contributed by atoms with van der Waals surface area (Å²) in [6, 6.07) is 0.771. The van der Waals surface area contributed by atoms with Gasteiger partial charge in [0.05, 0.1) is 0 Å². The van der Waals surface area contributed by atoms with Crippen LogP contribution in [0.3, 0.4) is 0 Å². The van der Waals surface area contributed by atoms with E-state index in [2.05, 4.69) is 24.0 Å². The largest absolute Gasteiger partial charge is 0.444 e. The van der Waals surface area contributed by atoms with Crippen LogP contribution in [0.25, 0.3) is 0 Å². The summed E-state index contributed by atoms with van der Waals surface area (Å²) in [5.74, 6) is 3.44. The molecule has 0 saturated carbocycles. The predicted octanol–water partition coefficient (Wildman–Crippen LogP) is 3.90. The predicted molar refractivity (Wildman–Crippen MR) is 98.1 cm³/mol. The van der Waals surface area contributed by atoms with Crippen molar-refractivity contribution < 1.29 is 9.53 Å². The highest BCUT2D eigenvalue weighted by atomic mass is 32.2. The van der Waals surface area contributed by atoms with Gasteiger partial charge in [-0.2, -0.15) is 11.8 Å². The van der Waals surface area contributed by atoms with Gasteiger partial charge in [0, 0.05) is 18.6 Å². The number of likely N-dealkylation sites (tertiary alicyclic amines) is 1. The lowest BCUT2D eigenvalue weighted by molar-refractivity contribution is 0.00788. The molecular weight excluding hydrogens is 308 g/mol. The van der Waals surface area contributed by atoms with Crippen LogP contribution < -0.4 is 5.32 Å². The van der Waals surface area contributed by atoms with Gasteiger partial charge in [0.25, 0.3) is 0 Å². The first-order valence-electron chi connectivity index (χ1n) is 9.16. The fourth-order valence-corrected chi connectivity index (χ4v) is 4.69. The Morgan fingerprint density at radius 2 is 2.13 bits per heavy atom. The van der Waals surface area contributed by atoms with Crippen LogP contribution in [-0.4, -0.2) is 53.3 Å². The Hall–Kier alpha value is -0.420. The summed E-state index contributed by atoms with van der Waals surface area (Å²) in [4.78, 5) is 14.4. The van der Waals surface area contributed by atoms with E-state index in [9.17, 15) is 4.79 Å². The molecule has 0 bridgehead atoms. The van der Waals surface area contributed by atoms with Crippen molar-refractivity contribution >= 4 is 17.9 Å². The number of amides is 1. The fraction of sp³-hybridized carbons (Fsp3) is 0.944. The number of carbonyl (C=O) groups excluding carboxylic acids is 1. The minimum absolute atomic E-state index is 0.137. The monoisotopic (exact) mass is 342 g/mol. The number of thioether (sulfide) groups is 1. The average molecular weight is 343 g/mol. The zero-order valence-corrected chi connectivity index (χ0v) is 16.1. The molecule has 0 aromatic rings. The van der Waals surface area contributed by atoms with Gasteiger partial charge >= 0.3 is 6.09 Å². The van der Waals surface area contributed by atoms with Crippen molar-refractivity contribution in [1.29, 1.82) is 0 Å². The second kappa shape index (κ2) is 8.61. The highest BCUT2D eigenvalue weighted by Gasteiger charge is 2.31. The molecule has 2 aliphatic heterocycles. The van der Waals surface area contributed by atoms with Gasteiger partial charge in [0.2, 0.25) is 0 Å². The first kappa shape index (κ1) is 18.9. The minimum atomic E-state index is -0.414. The molecule has 0 spiro atoms. The lowest BCUT2D eigenvalue weighted by atomic mass is 9.96. The van der Waals surface area contributed by atoms with Gasteiger partial charge in [0.1, 0.15) is 5.60 Å². The maximum absolute atomic E-state index is 12.5. The molecule has 0 aromatic carbocycles. The molecule has 2 fully saturated rings. The Balaban J connectivity index is 1.81. The SMILES string of the molecule is CC(CC1CCCCN1C(=O)OC(C)(C)C)NCC1CCSC1. The minimum Gasteiger partial charge on any atom is -0.444 e. The van der Waals surface area contributed by atoms with E-state index in [0.717, 1.165) is 38.3 Å². The molecule has 0 aromatic heterocycles. The zero-order chi connectivity index (χ0) is 16.9. The molecule has 3 atom stereocenters. The van der Waals surface area contributed by atoms with Crippen LogP contribution in [0.4, 0.5) is 4.79 Å². The van der Waals surface area contributed by atoms with Crippen LogP contribution >= 0.6 is 11.8 Å². The molecule has 0 aliphatic carbocycles. The van der Waals surface area contributed by atoms with Gasteiger partial charge in [-0.3, -0.25) is 0 Å². The van der Waals surface area contributed by atoms with Crippen molar-refractivity contribution in [2.45, 2.75) is 77.5 Å². The first-order valence-corrected chi connectivity index (χ1v) is 10.3. The molecule has 1 N–H and O–H groups in total. The molecule has 2 rings (SSSR count). The lowest BCUT2D eigenvalue weighted by Crippen LogP contribution is -2.48. The second-order valence-corrected chi connectivity index (χ2v) is 9.25. The fourth-order valence-electron chi connectivity index (χ4n) is 3.41. The molecular formula is C18H34N2O2S. The van der Waals surface area contributed by atoms with Crippen molar-refractivity contribution in [3.05, 3.63) is 0 Å². The maximum atomic E-state index is 12.5. The number of nitrogens with zero attached hydrogens (tertiary/aromatic N) is 1. The van der Waals surface area contributed by atoms with E-state index in [-0.39, 0.29) is 6.09 Å². The van der Waals surface area contributed by atoms with Crippen LogP contribution in [0.15, 0.2) is 0 Å². The molecule has 3 unspecified atom stereocenters. The van der Waals surface area contributed by atoms with Crippen LogP contribution in [0, 0.1) is 5.92 Å². The quantitative estimate of drug-likeness (QED) is 0.823. The summed E-state index contributed by atoms with van der Waals surface area (Å²) in [6.45, 7) is 10.0. The molecule has 23 heavy (non-hydrogen) atoms. The second-order valence-electron chi connectivity index (χ2n) is 8.10. The Morgan fingerprint density at radius 3 is 2.78 bits per heavy atom. The standard InChI is InChI=1S/C18H34N2O2S/c1-14(19-12-15-8-10-23-13-15)11-16-7-5-6-9-20(16)17(21)22-18(2,3)4/h14-16,19H,5-13H2,1-4H3. The van der Waals surface area contributed by atoms with E-state index in [4.69, 9.17) is 4.74 Å². The van der Waals surface area contributed by atoms with Crippen LogP contribution in [0.2, 0.25) is 0 Å². The number of ether oxygens (including phenoxy) is 1. The average Bonchev–Trinajstić information content (AvgIpc) is 2.97. The number of hydrogen-bond acceptors (Lipinski definition) is 4. The van der Waals surface area contributed by atoms with Gasteiger partial charge in [-0.25, -0.2) is 4.79 Å². The topological polar surface area (TPSA) is 41.6 Å². The third-order valence-corrected chi connectivity index (χ3v) is 5.89. The van der Waals surface area contributed by atoms with Crippen molar-refractivity contribution in [3.63, 3.8) is 0 Å². The van der Waals surface area contributed by atoms with E-state index in [0.29, 0.717) is 12.1 Å². The summed E-state index contributed by atoms with van der Waals surface area (Å²) in [6.07, 6.45) is 5.65. The number of nitrogens with one attached hydrogen (secondary N) is 1. The van der Waals surface area contributed by atoms with E-state index in [1.165, 1.54) is 24.3 Å². The van der Waals surface area contributed by atoms with Gasteiger partial charge in [-0.15, -0.1) is 0 Å². The smallest absolute Gasteiger partial charge is 0.410 e. The molecule has 1 amide bonds. The first-order chi connectivity index (χ1) is 10.8. The molecule has 5 heteroatoms. The summed E-state index contributed by atoms with van der Waals surface area (Å²) in [5.41, 5.74) is -0.414. The van der Waals surface area contributed by atoms with Crippen molar-refractivity contribution in [2.24, 2.45) is 5.92 Å². The van der Waals surface area contributed by atoms with Crippen molar-refractivity contribution in [2.75, 3.05) is 24.6 Å². The Labute approximate surface area is 146 Å². The van der Waals surface area contributed by atoms with Crippen molar-refractivity contribution in [1.82, 2.24) is 10.2 Å². The third-order valence-electron chi connectivity index (χ3n) is 4.66. The molecule has 2 aliphatic rings. The van der Waals surface area contributed by atoms with E-state index in [1.54, 1.807) is 0 Å². The lowest BCUT2D eigenvalue weighted by Gasteiger charge is -2.38. The summed E-state index contributed by atoms with van der Waals surface area (Å²) in [7, 11) is 0. The van der Waals surface area contributed by atoms with Crippen LogP contribution in [0.1, 0.15) is 59.8 Å². The number of rotatable bonds is 5. The summed E-state index contributed by atoms with van der Waals surface area (Å²) >= 11 is 2.07. The van der Waals surface area contributed by atoms with Crippen LogP contribution in [-0.2, 0) is 4.74 Å². The van der Waals surface area contributed by atoms with Gasteiger partial charge in [0.15, 0.2) is 0 Å². The van der Waals surface area contributed by atoms with E-state index >= 15 is 0 Å². The maximum Gasteiger partial charge on any atom is 0.410 e. The summed E-state index contributed by atoms with van der Waals surface area (Å²) in [5, 5.41) is 3.69. The van der Waals surface area contributed by atoms with Gasteiger partial charge < -0.3 is 15.0 Å². The van der Waals surface area contributed by atoms with Crippen molar-refractivity contribution in [3.8, 4) is 0 Å². The molecule has 4 nitrogen and oxygen atoms in total. The Morgan fingerprint density at radius 1 is 1.35 bits per heavy atom. The molecule has 0 radical (unpaired) electrons. The highest BCUT2D eigenvalue weighted by Crippen LogP contribution is 2.25. The number of hydrogen-bond donors (Lipinski definition) is 1. The number of piperidine rings is 1. The molecule has 134 valence electrons. The Bertz CT molecular complexity index is 378. The molecule has 2 heterocycles. The van der Waals surface area contributed by atoms with Crippen LogP contribution in [0.5, 0.6) is 0 Å². The van der Waals surface area contributed by atoms with E-state index in [1.807, 2.05) is 25.7 Å². The summed E-state index contributed by atoms with van der Waals surface area (Å²) < 4.78 is 5.59. The van der Waals surface area contributed by atoms with Gasteiger partial charge in [-0.05, 0) is 83.8 Å². The highest BCUT2D eigenvalue weighted by molar-refractivity contribution is 7.99. The number of carbonyl (C=O) groups is 1. The Kier molecular flexibility index (Phi) is 7.08.